The summed E-state index contributed by atoms with van der Waals surface area (Å²) in [6.07, 6.45) is 3.96. The average molecular weight is 378 g/mol. The number of aromatic nitrogens is 3. The monoisotopic (exact) mass is 378 g/mol. The molecule has 2 aromatic heterocycles. The predicted molar refractivity (Wildman–Crippen MR) is 109 cm³/mol. The van der Waals surface area contributed by atoms with Crippen LogP contribution in [0.4, 0.5) is 0 Å². The van der Waals surface area contributed by atoms with E-state index >= 15 is 0 Å². The lowest BCUT2D eigenvalue weighted by molar-refractivity contribution is 0.0514. The maximum Gasteiger partial charge on any atom is 0.191 e. The minimum Gasteiger partial charge on any atom is -0.381 e. The fourth-order valence-corrected chi connectivity index (χ4v) is 3.77. The van der Waals surface area contributed by atoms with Crippen LogP contribution in [0.3, 0.4) is 0 Å². The van der Waals surface area contributed by atoms with Gasteiger partial charge in [-0.05, 0) is 30.5 Å². The number of benzene rings is 1. The van der Waals surface area contributed by atoms with E-state index in [1.165, 1.54) is 5.56 Å². The SMILES string of the molecule is CN=C(NCc1nnc2ccccn12)NCC1(c2ccccc2)CCOCC1. The van der Waals surface area contributed by atoms with Gasteiger partial charge in [0.1, 0.15) is 0 Å². The van der Waals surface area contributed by atoms with Crippen molar-refractivity contribution in [3.8, 4) is 0 Å². The second-order valence-corrected chi connectivity index (χ2v) is 7.08. The molecule has 0 bridgehead atoms. The molecule has 1 saturated heterocycles. The molecule has 0 spiro atoms. The van der Waals surface area contributed by atoms with Gasteiger partial charge >= 0.3 is 0 Å². The Morgan fingerprint density at radius 1 is 1.07 bits per heavy atom. The Morgan fingerprint density at radius 3 is 2.64 bits per heavy atom. The number of aliphatic imine (C=N–C) groups is 1. The second-order valence-electron chi connectivity index (χ2n) is 7.08. The van der Waals surface area contributed by atoms with Crippen LogP contribution >= 0.6 is 0 Å². The number of guanidine groups is 1. The first-order valence-electron chi connectivity index (χ1n) is 9.67. The van der Waals surface area contributed by atoms with E-state index in [1.54, 1.807) is 7.05 Å². The molecule has 3 heterocycles. The lowest BCUT2D eigenvalue weighted by atomic mass is 9.74. The lowest BCUT2D eigenvalue weighted by Gasteiger charge is -2.38. The van der Waals surface area contributed by atoms with Crippen molar-refractivity contribution in [3.63, 3.8) is 0 Å². The molecule has 146 valence electrons. The summed E-state index contributed by atoms with van der Waals surface area (Å²) >= 11 is 0. The van der Waals surface area contributed by atoms with Gasteiger partial charge in [-0.25, -0.2) is 0 Å². The maximum absolute atomic E-state index is 5.63. The normalized spacial score (nSPS) is 16.8. The van der Waals surface area contributed by atoms with Crippen molar-refractivity contribution >= 4 is 11.6 Å². The second kappa shape index (κ2) is 8.39. The van der Waals surface area contributed by atoms with E-state index in [4.69, 9.17) is 4.74 Å². The molecule has 1 aromatic carbocycles. The molecular weight excluding hydrogens is 352 g/mol. The van der Waals surface area contributed by atoms with Crippen LogP contribution in [0.2, 0.25) is 0 Å². The third-order valence-corrected chi connectivity index (χ3v) is 5.45. The van der Waals surface area contributed by atoms with Gasteiger partial charge in [0.15, 0.2) is 17.4 Å². The molecule has 28 heavy (non-hydrogen) atoms. The molecule has 0 radical (unpaired) electrons. The quantitative estimate of drug-likeness (QED) is 0.526. The average Bonchev–Trinajstić information content (AvgIpc) is 3.18. The zero-order valence-electron chi connectivity index (χ0n) is 16.1. The highest BCUT2D eigenvalue weighted by molar-refractivity contribution is 5.79. The Labute approximate surface area is 164 Å². The van der Waals surface area contributed by atoms with Gasteiger partial charge < -0.3 is 15.4 Å². The number of pyridine rings is 1. The first-order chi connectivity index (χ1) is 13.8. The van der Waals surface area contributed by atoms with Crippen LogP contribution in [0.15, 0.2) is 59.7 Å². The van der Waals surface area contributed by atoms with E-state index in [1.807, 2.05) is 28.8 Å². The summed E-state index contributed by atoms with van der Waals surface area (Å²) in [5.41, 5.74) is 2.25. The van der Waals surface area contributed by atoms with Crippen molar-refractivity contribution in [2.75, 3.05) is 26.8 Å². The Bertz CT molecular complexity index is 930. The fourth-order valence-electron chi connectivity index (χ4n) is 3.77. The third kappa shape index (κ3) is 3.84. The standard InChI is InChI=1S/C21H26N6O/c1-22-20(23-15-19-26-25-18-9-5-6-12-27(18)19)24-16-21(10-13-28-14-11-21)17-7-3-2-4-8-17/h2-9,12H,10-11,13-16H2,1H3,(H2,22,23,24). The summed E-state index contributed by atoms with van der Waals surface area (Å²) in [7, 11) is 1.79. The molecule has 1 aliphatic heterocycles. The molecule has 0 unspecified atom stereocenters. The Hall–Kier alpha value is -2.93. The van der Waals surface area contributed by atoms with Gasteiger partial charge in [-0.2, -0.15) is 0 Å². The van der Waals surface area contributed by atoms with Crippen molar-refractivity contribution in [1.29, 1.82) is 0 Å². The fraction of sp³-hybridized carbons (Fsp3) is 0.381. The number of hydrogen-bond donors (Lipinski definition) is 2. The van der Waals surface area contributed by atoms with Gasteiger partial charge in [-0.1, -0.05) is 36.4 Å². The molecular formula is C21H26N6O. The number of nitrogens with zero attached hydrogens (tertiary/aromatic N) is 4. The Balaban J connectivity index is 1.43. The zero-order chi connectivity index (χ0) is 19.2. The van der Waals surface area contributed by atoms with E-state index < -0.39 is 0 Å². The van der Waals surface area contributed by atoms with E-state index in [2.05, 4.69) is 56.2 Å². The summed E-state index contributed by atoms with van der Waals surface area (Å²) in [5.74, 6) is 1.61. The maximum atomic E-state index is 5.63. The van der Waals surface area contributed by atoms with E-state index in [9.17, 15) is 0 Å². The van der Waals surface area contributed by atoms with Gasteiger partial charge in [-0.15, -0.1) is 10.2 Å². The largest absolute Gasteiger partial charge is 0.381 e. The highest BCUT2D eigenvalue weighted by Gasteiger charge is 2.34. The molecule has 0 amide bonds. The zero-order valence-corrected chi connectivity index (χ0v) is 16.1. The van der Waals surface area contributed by atoms with Crippen LogP contribution in [0.1, 0.15) is 24.2 Å². The van der Waals surface area contributed by atoms with Crippen LogP contribution in [0, 0.1) is 0 Å². The highest BCUT2D eigenvalue weighted by atomic mass is 16.5. The van der Waals surface area contributed by atoms with Gasteiger partial charge in [-0.3, -0.25) is 9.39 Å². The summed E-state index contributed by atoms with van der Waals surface area (Å²) in [5, 5.41) is 15.3. The molecule has 3 aromatic rings. The summed E-state index contributed by atoms with van der Waals surface area (Å²) in [6.45, 7) is 2.93. The number of ether oxygens (including phenoxy) is 1. The minimum absolute atomic E-state index is 0.0543. The van der Waals surface area contributed by atoms with E-state index in [0.29, 0.717) is 6.54 Å². The molecule has 1 aliphatic rings. The van der Waals surface area contributed by atoms with Gasteiger partial charge in [0.05, 0.1) is 6.54 Å². The molecule has 0 aliphatic carbocycles. The van der Waals surface area contributed by atoms with E-state index in [0.717, 1.165) is 50.0 Å². The summed E-state index contributed by atoms with van der Waals surface area (Å²) in [4.78, 5) is 4.38. The van der Waals surface area contributed by atoms with Crippen molar-refractivity contribution in [3.05, 3.63) is 66.1 Å². The van der Waals surface area contributed by atoms with Crippen molar-refractivity contribution in [2.45, 2.75) is 24.8 Å². The molecule has 7 heteroatoms. The smallest absolute Gasteiger partial charge is 0.191 e. The van der Waals surface area contributed by atoms with Crippen molar-refractivity contribution in [2.24, 2.45) is 4.99 Å². The molecule has 7 nitrogen and oxygen atoms in total. The topological polar surface area (TPSA) is 75.8 Å². The van der Waals surface area contributed by atoms with Crippen molar-refractivity contribution < 1.29 is 4.74 Å². The van der Waals surface area contributed by atoms with Crippen LogP contribution in [-0.4, -0.2) is 47.4 Å². The van der Waals surface area contributed by atoms with Crippen LogP contribution < -0.4 is 10.6 Å². The van der Waals surface area contributed by atoms with Gasteiger partial charge in [0.25, 0.3) is 0 Å². The molecule has 2 N–H and O–H groups in total. The van der Waals surface area contributed by atoms with Crippen LogP contribution in [0.5, 0.6) is 0 Å². The summed E-state index contributed by atoms with van der Waals surface area (Å²) in [6, 6.07) is 16.6. The van der Waals surface area contributed by atoms with Gasteiger partial charge in [0.2, 0.25) is 0 Å². The van der Waals surface area contributed by atoms with Gasteiger partial charge in [0, 0.05) is 38.4 Å². The first kappa shape index (κ1) is 18.4. The Morgan fingerprint density at radius 2 is 1.86 bits per heavy atom. The number of fused-ring (bicyclic) bond motifs is 1. The van der Waals surface area contributed by atoms with Crippen LogP contribution in [0.25, 0.3) is 5.65 Å². The van der Waals surface area contributed by atoms with Crippen molar-refractivity contribution in [1.82, 2.24) is 25.2 Å². The molecule has 0 saturated carbocycles. The molecule has 1 fully saturated rings. The molecule has 4 rings (SSSR count). The predicted octanol–water partition coefficient (Wildman–Crippen LogP) is 2.14. The lowest BCUT2D eigenvalue weighted by Crippen LogP contribution is -2.48. The third-order valence-electron chi connectivity index (χ3n) is 5.45. The van der Waals surface area contributed by atoms with E-state index in [-0.39, 0.29) is 5.41 Å². The number of nitrogens with one attached hydrogen (secondary N) is 2. The molecule has 0 atom stereocenters. The first-order valence-corrected chi connectivity index (χ1v) is 9.67. The number of hydrogen-bond acceptors (Lipinski definition) is 4. The Kier molecular flexibility index (Phi) is 5.53. The number of rotatable bonds is 5. The van der Waals surface area contributed by atoms with Crippen LogP contribution in [-0.2, 0) is 16.7 Å². The summed E-state index contributed by atoms with van der Waals surface area (Å²) < 4.78 is 7.60. The highest BCUT2D eigenvalue weighted by Crippen LogP contribution is 2.34. The minimum atomic E-state index is 0.0543.